The van der Waals surface area contributed by atoms with Crippen molar-refractivity contribution in [3.63, 3.8) is 0 Å². The van der Waals surface area contributed by atoms with E-state index in [1.54, 1.807) is 0 Å². The van der Waals surface area contributed by atoms with Gasteiger partial charge in [-0.3, -0.25) is 4.79 Å². The minimum Gasteiger partial charge on any atom is -0.348 e. The molecule has 1 aliphatic rings. The van der Waals surface area contributed by atoms with Crippen LogP contribution in [0.2, 0.25) is 0 Å². The van der Waals surface area contributed by atoms with E-state index in [-0.39, 0.29) is 17.2 Å². The van der Waals surface area contributed by atoms with E-state index in [0.29, 0.717) is 0 Å². The Morgan fingerprint density at radius 2 is 2.23 bits per heavy atom. The van der Waals surface area contributed by atoms with E-state index < -0.39 is 0 Å². The Balaban J connectivity index is 1.64. The van der Waals surface area contributed by atoms with Gasteiger partial charge >= 0.3 is 0 Å². The summed E-state index contributed by atoms with van der Waals surface area (Å²) < 4.78 is 0.851. The van der Waals surface area contributed by atoms with Gasteiger partial charge in [0.25, 0.3) is 0 Å². The number of benzene rings is 1. The molecule has 4 nitrogen and oxygen atoms in total. The fraction of sp³-hybridized carbons (Fsp3) is 0.438. The highest BCUT2D eigenvalue weighted by atomic mass is 32.2. The zero-order valence-electron chi connectivity index (χ0n) is 12.7. The molecule has 6 heteroatoms. The van der Waals surface area contributed by atoms with Gasteiger partial charge in [0, 0.05) is 0 Å². The number of aromatic nitrogens is 2. The molecular formula is C16H19N3OS2. The van der Waals surface area contributed by atoms with Crippen molar-refractivity contribution in [1.82, 2.24) is 15.5 Å². The molecule has 22 heavy (non-hydrogen) atoms. The Kier molecular flexibility index (Phi) is 4.78. The van der Waals surface area contributed by atoms with Gasteiger partial charge in [-0.15, -0.1) is 10.2 Å². The van der Waals surface area contributed by atoms with E-state index in [2.05, 4.69) is 33.7 Å². The van der Waals surface area contributed by atoms with E-state index in [9.17, 15) is 4.79 Å². The summed E-state index contributed by atoms with van der Waals surface area (Å²) in [7, 11) is 0. The number of carbonyl (C=O) groups is 1. The van der Waals surface area contributed by atoms with Gasteiger partial charge in [-0.25, -0.2) is 0 Å². The molecule has 1 aliphatic carbocycles. The van der Waals surface area contributed by atoms with Crippen molar-refractivity contribution >= 4 is 29.0 Å². The highest BCUT2D eigenvalue weighted by molar-refractivity contribution is 8.02. The van der Waals surface area contributed by atoms with Crippen molar-refractivity contribution in [3.05, 3.63) is 40.4 Å². The average Bonchev–Trinajstić information content (AvgIpc) is 2.92. The molecule has 1 amide bonds. The number of amides is 1. The number of thioether (sulfide) groups is 1. The minimum absolute atomic E-state index is 0.0690. The van der Waals surface area contributed by atoms with Crippen molar-refractivity contribution < 1.29 is 4.79 Å². The summed E-state index contributed by atoms with van der Waals surface area (Å²) in [6, 6.07) is 8.54. The number of nitrogens with one attached hydrogen (secondary N) is 1. The maximum atomic E-state index is 12.5. The van der Waals surface area contributed by atoms with Crippen LogP contribution in [0.5, 0.6) is 0 Å². The molecule has 0 radical (unpaired) electrons. The first-order valence-electron chi connectivity index (χ1n) is 7.48. The van der Waals surface area contributed by atoms with Gasteiger partial charge < -0.3 is 5.32 Å². The molecule has 3 rings (SSSR count). The lowest BCUT2D eigenvalue weighted by Crippen LogP contribution is -2.35. The van der Waals surface area contributed by atoms with Gasteiger partial charge in [0.1, 0.15) is 5.01 Å². The first kappa shape index (κ1) is 15.5. The smallest absolute Gasteiger partial charge is 0.233 e. The number of carbonyl (C=O) groups excluding carboxylic acids is 1. The number of fused-ring (bicyclic) bond motifs is 1. The highest BCUT2D eigenvalue weighted by Gasteiger charge is 2.24. The Labute approximate surface area is 138 Å². The lowest BCUT2D eigenvalue weighted by molar-refractivity contribution is -0.121. The predicted molar refractivity (Wildman–Crippen MR) is 90.2 cm³/mol. The molecule has 1 aromatic heterocycles. The average molecular weight is 333 g/mol. The van der Waals surface area contributed by atoms with Crippen LogP contribution in [0.1, 0.15) is 41.9 Å². The van der Waals surface area contributed by atoms with Crippen molar-refractivity contribution in [2.24, 2.45) is 0 Å². The second-order valence-electron chi connectivity index (χ2n) is 5.50. The Hall–Kier alpha value is -1.40. The van der Waals surface area contributed by atoms with Crippen LogP contribution in [-0.2, 0) is 11.2 Å². The molecule has 116 valence electrons. The zero-order valence-corrected chi connectivity index (χ0v) is 14.3. The lowest BCUT2D eigenvalue weighted by Gasteiger charge is -2.27. The molecule has 1 N–H and O–H groups in total. The van der Waals surface area contributed by atoms with Crippen LogP contribution in [0.15, 0.2) is 28.6 Å². The molecule has 2 aromatic rings. The number of aryl methyl sites for hydroxylation is 2. The number of hydrogen-bond acceptors (Lipinski definition) is 5. The molecule has 0 saturated heterocycles. The van der Waals surface area contributed by atoms with Crippen molar-refractivity contribution in [2.45, 2.75) is 48.7 Å². The fourth-order valence-electron chi connectivity index (χ4n) is 2.72. The summed E-state index contributed by atoms with van der Waals surface area (Å²) in [6.07, 6.45) is 3.24. The molecule has 0 bridgehead atoms. The van der Waals surface area contributed by atoms with Crippen LogP contribution in [-0.4, -0.2) is 21.4 Å². The van der Waals surface area contributed by atoms with Gasteiger partial charge in [-0.1, -0.05) is 47.4 Å². The van der Waals surface area contributed by atoms with Crippen LogP contribution in [0, 0.1) is 6.92 Å². The normalized spacial score (nSPS) is 18.5. The number of nitrogens with zero attached hydrogens (tertiary/aromatic N) is 2. The highest BCUT2D eigenvalue weighted by Crippen LogP contribution is 2.31. The first-order valence-corrected chi connectivity index (χ1v) is 9.18. The van der Waals surface area contributed by atoms with Crippen LogP contribution < -0.4 is 5.32 Å². The van der Waals surface area contributed by atoms with E-state index in [1.165, 1.54) is 34.2 Å². The first-order chi connectivity index (χ1) is 10.6. The Morgan fingerprint density at radius 3 is 3.00 bits per heavy atom. The summed E-state index contributed by atoms with van der Waals surface area (Å²) in [5.41, 5.74) is 2.63. The molecule has 2 atom stereocenters. The molecule has 1 heterocycles. The lowest BCUT2D eigenvalue weighted by atomic mass is 9.88. The molecule has 0 saturated carbocycles. The largest absolute Gasteiger partial charge is 0.348 e. The second-order valence-corrected chi connectivity index (χ2v) is 8.27. The van der Waals surface area contributed by atoms with Crippen LogP contribution in [0.3, 0.4) is 0 Å². The maximum absolute atomic E-state index is 12.5. The maximum Gasteiger partial charge on any atom is 0.233 e. The molecule has 1 aromatic carbocycles. The summed E-state index contributed by atoms with van der Waals surface area (Å²) in [5, 5.41) is 12.0. The second kappa shape index (κ2) is 6.79. The molecule has 0 unspecified atom stereocenters. The Bertz CT molecular complexity index is 671. The van der Waals surface area contributed by atoms with Crippen molar-refractivity contribution in [3.8, 4) is 0 Å². The van der Waals surface area contributed by atoms with Crippen LogP contribution in [0.4, 0.5) is 0 Å². The van der Waals surface area contributed by atoms with E-state index in [0.717, 1.165) is 28.6 Å². The molecule has 0 fully saturated rings. The van der Waals surface area contributed by atoms with E-state index in [1.807, 2.05) is 19.9 Å². The quantitative estimate of drug-likeness (QED) is 0.870. The number of hydrogen-bond donors (Lipinski definition) is 1. The SMILES string of the molecule is Cc1nnc(S[C@@H](C)C(=O)N[C@H]2CCCc3ccccc32)s1. The van der Waals surface area contributed by atoms with E-state index in [4.69, 9.17) is 0 Å². The molecule has 0 aliphatic heterocycles. The topological polar surface area (TPSA) is 54.9 Å². The number of rotatable bonds is 4. The fourth-order valence-corrected chi connectivity index (χ4v) is 4.69. The van der Waals surface area contributed by atoms with Crippen LogP contribution >= 0.6 is 23.1 Å². The monoisotopic (exact) mass is 333 g/mol. The minimum atomic E-state index is -0.165. The Morgan fingerprint density at radius 1 is 1.41 bits per heavy atom. The van der Waals surface area contributed by atoms with Crippen molar-refractivity contribution in [1.29, 1.82) is 0 Å². The van der Waals surface area contributed by atoms with Gasteiger partial charge in [0.05, 0.1) is 11.3 Å². The van der Waals surface area contributed by atoms with Crippen LogP contribution in [0.25, 0.3) is 0 Å². The summed E-state index contributed by atoms with van der Waals surface area (Å²) in [6.45, 7) is 3.84. The standard InChI is InChI=1S/C16H19N3OS2/c1-10(21-16-19-18-11(2)22-16)15(20)17-14-9-5-7-12-6-3-4-8-13(12)14/h3-4,6,8,10,14H,5,7,9H2,1-2H3,(H,17,20)/t10-,14-/m0/s1. The summed E-state index contributed by atoms with van der Waals surface area (Å²) >= 11 is 3.00. The zero-order chi connectivity index (χ0) is 15.5. The third-order valence-corrected chi connectivity index (χ3v) is 5.86. The molecular weight excluding hydrogens is 314 g/mol. The summed E-state index contributed by atoms with van der Waals surface area (Å²) in [4.78, 5) is 12.5. The van der Waals surface area contributed by atoms with Gasteiger partial charge in [-0.05, 0) is 44.2 Å². The molecule has 0 spiro atoms. The third kappa shape index (κ3) is 3.50. The predicted octanol–water partition coefficient (Wildman–Crippen LogP) is 3.52. The van der Waals surface area contributed by atoms with Gasteiger partial charge in [-0.2, -0.15) is 0 Å². The van der Waals surface area contributed by atoms with Gasteiger partial charge in [0.15, 0.2) is 4.34 Å². The van der Waals surface area contributed by atoms with E-state index >= 15 is 0 Å². The van der Waals surface area contributed by atoms with Gasteiger partial charge in [0.2, 0.25) is 5.91 Å². The van der Waals surface area contributed by atoms with Crippen molar-refractivity contribution in [2.75, 3.05) is 0 Å². The third-order valence-electron chi connectivity index (χ3n) is 3.84. The summed E-state index contributed by atoms with van der Waals surface area (Å²) in [5.74, 6) is 0.0690.